The van der Waals surface area contributed by atoms with E-state index in [0.29, 0.717) is 0 Å². The molecule has 5 atom stereocenters. The highest BCUT2D eigenvalue weighted by atomic mass is 16.9. The molecule has 0 saturated carbocycles. The van der Waals surface area contributed by atoms with E-state index in [0.717, 1.165) is 0 Å². The zero-order valence-electron chi connectivity index (χ0n) is 12.7. The number of hydrogen-bond acceptors (Lipinski definition) is 9. The van der Waals surface area contributed by atoms with Crippen molar-refractivity contribution in [2.75, 3.05) is 13.7 Å². The summed E-state index contributed by atoms with van der Waals surface area (Å²) in [7, 11) is 1.34. The molecule has 0 N–H and O–H groups in total. The Morgan fingerprint density at radius 1 is 0.955 bits per heavy atom. The third-order valence-electron chi connectivity index (χ3n) is 3.20. The molecule has 2 aliphatic rings. The monoisotopic (exact) mass is 318 g/mol. The van der Waals surface area contributed by atoms with Gasteiger partial charge in [-0.1, -0.05) is 0 Å². The summed E-state index contributed by atoms with van der Waals surface area (Å²) < 4.78 is 31.4. The summed E-state index contributed by atoms with van der Waals surface area (Å²) in [5.74, 6) is -3.13. The van der Waals surface area contributed by atoms with E-state index in [1.54, 1.807) is 0 Å². The maximum absolute atomic E-state index is 11.4. The van der Waals surface area contributed by atoms with Gasteiger partial charge in [0.2, 0.25) is 12.1 Å². The Morgan fingerprint density at radius 2 is 1.45 bits per heavy atom. The molecule has 1 spiro atoms. The van der Waals surface area contributed by atoms with E-state index < -0.39 is 48.3 Å². The van der Waals surface area contributed by atoms with E-state index in [1.807, 2.05) is 0 Å². The first-order chi connectivity index (χ1) is 10.3. The van der Waals surface area contributed by atoms with Crippen LogP contribution < -0.4 is 0 Å². The minimum Gasteiger partial charge on any atom is -0.454 e. The summed E-state index contributed by atoms with van der Waals surface area (Å²) in [6.07, 6.45) is -4.29. The molecule has 2 fully saturated rings. The van der Waals surface area contributed by atoms with Crippen molar-refractivity contribution >= 4 is 17.9 Å². The van der Waals surface area contributed by atoms with Crippen LogP contribution in [0.2, 0.25) is 0 Å². The molecule has 2 heterocycles. The quantitative estimate of drug-likeness (QED) is 0.385. The molecule has 0 aromatic carbocycles. The van der Waals surface area contributed by atoms with Gasteiger partial charge in [-0.25, -0.2) is 0 Å². The molecule has 0 aromatic heterocycles. The number of methoxy groups -OCH3 is 1. The zero-order valence-corrected chi connectivity index (χ0v) is 12.7. The summed E-state index contributed by atoms with van der Waals surface area (Å²) >= 11 is 0. The molecular weight excluding hydrogens is 300 g/mol. The summed E-state index contributed by atoms with van der Waals surface area (Å²) in [6, 6.07) is 0. The number of ether oxygens (including phenoxy) is 6. The highest BCUT2D eigenvalue weighted by molar-refractivity contribution is 5.68. The van der Waals surface area contributed by atoms with Crippen LogP contribution in [-0.4, -0.2) is 62.0 Å². The smallest absolute Gasteiger partial charge is 0.303 e. The molecule has 2 saturated heterocycles. The van der Waals surface area contributed by atoms with Crippen molar-refractivity contribution in [3.63, 3.8) is 0 Å². The molecule has 2 rings (SSSR count). The van der Waals surface area contributed by atoms with Gasteiger partial charge in [0, 0.05) is 27.9 Å². The van der Waals surface area contributed by atoms with Crippen molar-refractivity contribution in [1.82, 2.24) is 0 Å². The average molecular weight is 318 g/mol. The van der Waals surface area contributed by atoms with Crippen LogP contribution in [0.1, 0.15) is 20.8 Å². The van der Waals surface area contributed by atoms with Crippen molar-refractivity contribution in [3.8, 4) is 0 Å². The molecule has 0 aliphatic carbocycles. The van der Waals surface area contributed by atoms with Crippen LogP contribution in [0.3, 0.4) is 0 Å². The van der Waals surface area contributed by atoms with E-state index in [9.17, 15) is 14.4 Å². The fourth-order valence-electron chi connectivity index (χ4n) is 2.36. The minimum absolute atomic E-state index is 0.134. The van der Waals surface area contributed by atoms with Gasteiger partial charge < -0.3 is 28.4 Å². The van der Waals surface area contributed by atoms with Crippen molar-refractivity contribution < 1.29 is 42.8 Å². The molecule has 9 nitrogen and oxygen atoms in total. The van der Waals surface area contributed by atoms with Gasteiger partial charge in [0.25, 0.3) is 0 Å². The van der Waals surface area contributed by atoms with Crippen LogP contribution in [0.4, 0.5) is 0 Å². The lowest BCUT2D eigenvalue weighted by atomic mass is 9.98. The fourth-order valence-corrected chi connectivity index (χ4v) is 2.36. The van der Waals surface area contributed by atoms with Crippen LogP contribution in [0, 0.1) is 0 Å². The van der Waals surface area contributed by atoms with Crippen LogP contribution in [0.5, 0.6) is 0 Å². The Labute approximate surface area is 126 Å². The molecule has 0 radical (unpaired) electrons. The number of carbonyl (C=O) groups excluding carboxylic acids is 3. The Morgan fingerprint density at radius 3 is 1.86 bits per heavy atom. The van der Waals surface area contributed by atoms with E-state index in [2.05, 4.69) is 0 Å². The molecule has 22 heavy (non-hydrogen) atoms. The third-order valence-corrected chi connectivity index (χ3v) is 3.20. The normalized spacial score (nSPS) is 36.5. The highest BCUT2D eigenvalue weighted by Gasteiger charge is 2.67. The third kappa shape index (κ3) is 3.37. The van der Waals surface area contributed by atoms with Gasteiger partial charge in [0.05, 0.1) is 0 Å². The second kappa shape index (κ2) is 6.19. The predicted molar refractivity (Wildman–Crippen MR) is 67.2 cm³/mol. The second-order valence-electron chi connectivity index (χ2n) is 5.00. The first-order valence-electron chi connectivity index (χ1n) is 6.65. The Balaban J connectivity index is 2.33. The lowest BCUT2D eigenvalue weighted by Crippen LogP contribution is -2.63. The minimum atomic E-state index is -1.26. The first-order valence-corrected chi connectivity index (χ1v) is 6.65. The zero-order chi connectivity index (χ0) is 16.5. The van der Waals surface area contributed by atoms with Gasteiger partial charge in [-0.2, -0.15) is 0 Å². The lowest BCUT2D eigenvalue weighted by molar-refractivity contribution is -0.326. The topological polar surface area (TPSA) is 110 Å². The molecule has 2 aliphatic heterocycles. The second-order valence-corrected chi connectivity index (χ2v) is 5.00. The molecule has 0 aromatic rings. The molecule has 0 unspecified atom stereocenters. The number of esters is 3. The summed E-state index contributed by atoms with van der Waals surface area (Å²) in [5.41, 5.74) is 0. The highest BCUT2D eigenvalue weighted by Crippen LogP contribution is 2.44. The van der Waals surface area contributed by atoms with E-state index in [1.165, 1.54) is 27.9 Å². The van der Waals surface area contributed by atoms with Crippen LogP contribution in [0.15, 0.2) is 0 Å². The molecule has 124 valence electrons. The van der Waals surface area contributed by atoms with Gasteiger partial charge in [0.1, 0.15) is 6.61 Å². The van der Waals surface area contributed by atoms with Crippen LogP contribution >= 0.6 is 0 Å². The summed E-state index contributed by atoms with van der Waals surface area (Å²) in [5, 5.41) is 0. The number of rotatable bonds is 4. The molecule has 0 bridgehead atoms. The Hall–Kier alpha value is -1.71. The van der Waals surface area contributed by atoms with Crippen molar-refractivity contribution in [2.45, 2.75) is 51.2 Å². The maximum Gasteiger partial charge on any atom is 0.303 e. The Kier molecular flexibility index (Phi) is 4.69. The Bertz CT molecular complexity index is 470. The van der Waals surface area contributed by atoms with Gasteiger partial charge >= 0.3 is 17.9 Å². The van der Waals surface area contributed by atoms with Gasteiger partial charge in [-0.15, -0.1) is 0 Å². The SMILES string of the molecule is CO[C@H]1O[C@@]2(CO2)[C@@H](OC(C)=O)[C@H](OC(C)=O)[C@@H]1OC(C)=O. The van der Waals surface area contributed by atoms with E-state index >= 15 is 0 Å². The summed E-state index contributed by atoms with van der Waals surface area (Å²) in [6.45, 7) is 3.71. The van der Waals surface area contributed by atoms with Crippen LogP contribution in [0.25, 0.3) is 0 Å². The maximum atomic E-state index is 11.4. The first kappa shape index (κ1) is 16.7. The lowest BCUT2D eigenvalue weighted by Gasteiger charge is -2.42. The van der Waals surface area contributed by atoms with Crippen LogP contribution in [-0.2, 0) is 42.8 Å². The van der Waals surface area contributed by atoms with E-state index in [-0.39, 0.29) is 6.61 Å². The van der Waals surface area contributed by atoms with Crippen molar-refractivity contribution in [2.24, 2.45) is 0 Å². The largest absolute Gasteiger partial charge is 0.454 e. The number of hydrogen-bond donors (Lipinski definition) is 0. The number of epoxide rings is 1. The molecule has 0 amide bonds. The van der Waals surface area contributed by atoms with Gasteiger partial charge in [-0.05, 0) is 0 Å². The van der Waals surface area contributed by atoms with Crippen molar-refractivity contribution in [3.05, 3.63) is 0 Å². The fraction of sp³-hybridized carbons (Fsp3) is 0.769. The standard InChI is InChI=1S/C13H18O9/c1-6(14)19-9-10(20-7(2)15)12(17-4)22-13(5-18-13)11(9)21-8(3)16/h9-12H,5H2,1-4H3/t9-,10+,11+,12+,13+/m1/s1. The number of carbonyl (C=O) groups is 3. The van der Waals surface area contributed by atoms with Crippen molar-refractivity contribution in [1.29, 1.82) is 0 Å². The van der Waals surface area contributed by atoms with Gasteiger partial charge in [0.15, 0.2) is 18.3 Å². The molecule has 9 heteroatoms. The van der Waals surface area contributed by atoms with Gasteiger partial charge in [-0.3, -0.25) is 14.4 Å². The predicted octanol–water partition coefficient (Wildman–Crippen LogP) is -0.489. The average Bonchev–Trinajstić information content (AvgIpc) is 3.16. The van der Waals surface area contributed by atoms with E-state index in [4.69, 9.17) is 28.4 Å². The summed E-state index contributed by atoms with van der Waals surface area (Å²) in [4.78, 5) is 34.0. The molecular formula is C13H18O9.